The van der Waals surface area contributed by atoms with E-state index in [0.29, 0.717) is 42.3 Å². The van der Waals surface area contributed by atoms with E-state index in [9.17, 15) is 27.7 Å². The number of carboxylic acids is 1. The van der Waals surface area contributed by atoms with Crippen molar-refractivity contribution >= 4 is 56.0 Å². The first-order valence-corrected chi connectivity index (χ1v) is 14.5. The van der Waals surface area contributed by atoms with Gasteiger partial charge in [0.05, 0.1) is 33.2 Å². The van der Waals surface area contributed by atoms with Crippen LogP contribution in [0.1, 0.15) is 39.5 Å². The number of amides is 1. The summed E-state index contributed by atoms with van der Waals surface area (Å²) in [5.41, 5.74) is 2.36. The lowest BCUT2D eigenvalue weighted by Gasteiger charge is -2.31. The normalized spacial score (nSPS) is 22.4. The fraction of sp³-hybridized carbons (Fsp3) is 0.400. The molecule has 198 valence electrons. The van der Waals surface area contributed by atoms with Gasteiger partial charge in [-0.1, -0.05) is 56.0 Å². The largest absolute Gasteiger partial charge is 0.748 e. The number of thiocarbonyl (C=S) groups is 1. The molecule has 0 unspecified atom stereocenters. The van der Waals surface area contributed by atoms with Gasteiger partial charge in [-0.25, -0.2) is 8.42 Å². The zero-order valence-corrected chi connectivity index (χ0v) is 22.8. The van der Waals surface area contributed by atoms with E-state index in [-0.39, 0.29) is 16.2 Å². The molecule has 1 saturated heterocycles. The number of carbonyl (C=O) groups is 2. The molecule has 0 atom stereocenters. The number of rotatable bonds is 8. The SMILES string of the molecule is CC1(C)CC(C=C2Oc3ccccc3N2CCCCS(=O)(=O)[O-])=C/C(=C2/SC(=S)N(CC(=O)[O-])C2=O)C1. The Kier molecular flexibility index (Phi) is 7.84. The first kappa shape index (κ1) is 27.4. The maximum atomic E-state index is 13.0. The van der Waals surface area contributed by atoms with Crippen LogP contribution in [0.25, 0.3) is 0 Å². The molecule has 0 bridgehead atoms. The number of unbranched alkanes of at least 4 members (excludes halogenated alkanes) is 1. The molecule has 0 radical (unpaired) electrons. The molecule has 1 fully saturated rings. The Labute approximate surface area is 225 Å². The second-order valence-corrected chi connectivity index (χ2v) is 13.1. The van der Waals surface area contributed by atoms with E-state index in [4.69, 9.17) is 17.0 Å². The van der Waals surface area contributed by atoms with E-state index in [1.807, 2.05) is 41.3 Å². The van der Waals surface area contributed by atoms with Crippen LogP contribution in [0.4, 0.5) is 5.69 Å². The number of para-hydroxylation sites is 2. The number of ether oxygens (including phenoxy) is 1. The van der Waals surface area contributed by atoms with Crippen molar-refractivity contribution in [1.82, 2.24) is 4.90 Å². The van der Waals surface area contributed by atoms with Crippen LogP contribution in [0, 0.1) is 5.41 Å². The van der Waals surface area contributed by atoms with E-state index in [2.05, 4.69) is 13.8 Å². The van der Waals surface area contributed by atoms with E-state index in [1.165, 1.54) is 0 Å². The topological polar surface area (TPSA) is 130 Å². The molecule has 1 aromatic carbocycles. The van der Waals surface area contributed by atoms with Crippen LogP contribution in [0.3, 0.4) is 0 Å². The molecule has 0 spiro atoms. The molecule has 3 aliphatic rings. The minimum absolute atomic E-state index is 0.188. The standard InChI is InChI=1S/C25H28N2O7S3/c1-25(2)13-16(11-17(14-25)22-23(30)27(15-21(28)29)24(35)36-22)12-20-26(9-5-6-10-37(31,32)33)18-7-3-4-8-19(18)34-20/h3-4,7-8,11-12H,5-6,9-10,13-15H2,1-2H3,(H,28,29)(H,31,32,33)/p-2/b20-12?,22-17-. The fourth-order valence-corrected chi connectivity index (χ4v) is 6.50. The number of anilines is 1. The van der Waals surface area contributed by atoms with Crippen molar-refractivity contribution in [2.75, 3.05) is 23.7 Å². The number of aliphatic carboxylic acids is 1. The van der Waals surface area contributed by atoms with Crippen LogP contribution in [-0.4, -0.2) is 52.9 Å². The summed E-state index contributed by atoms with van der Waals surface area (Å²) in [6.07, 6.45) is 5.88. The Morgan fingerprint density at radius 1 is 1.22 bits per heavy atom. The summed E-state index contributed by atoms with van der Waals surface area (Å²) in [6.45, 7) is 4.06. The van der Waals surface area contributed by atoms with E-state index >= 15 is 0 Å². The van der Waals surface area contributed by atoms with Crippen LogP contribution in [0.5, 0.6) is 5.75 Å². The van der Waals surface area contributed by atoms with Gasteiger partial charge in [0.15, 0.2) is 5.75 Å². The van der Waals surface area contributed by atoms with Crippen molar-refractivity contribution in [3.8, 4) is 5.75 Å². The van der Waals surface area contributed by atoms with Crippen molar-refractivity contribution in [2.45, 2.75) is 39.5 Å². The van der Waals surface area contributed by atoms with Crippen LogP contribution in [-0.2, 0) is 19.7 Å². The van der Waals surface area contributed by atoms with Crippen molar-refractivity contribution < 1.29 is 32.4 Å². The highest BCUT2D eigenvalue weighted by atomic mass is 32.2. The lowest BCUT2D eigenvalue weighted by molar-refractivity contribution is -0.305. The number of nitrogens with zero attached hydrogens (tertiary/aromatic N) is 2. The number of carbonyl (C=O) groups excluding carboxylic acids is 2. The van der Waals surface area contributed by atoms with Gasteiger partial charge >= 0.3 is 0 Å². The van der Waals surface area contributed by atoms with E-state index in [1.54, 1.807) is 0 Å². The monoisotopic (exact) mass is 562 g/mol. The summed E-state index contributed by atoms with van der Waals surface area (Å²) in [7, 11) is -4.27. The second kappa shape index (κ2) is 10.6. The molecule has 1 amide bonds. The molecule has 1 aliphatic carbocycles. The maximum Gasteiger partial charge on any atom is 0.266 e. The summed E-state index contributed by atoms with van der Waals surface area (Å²) in [5.74, 6) is -0.988. The number of benzene rings is 1. The average molecular weight is 563 g/mol. The molecule has 0 aromatic heterocycles. The third-order valence-corrected chi connectivity index (χ3v) is 8.41. The van der Waals surface area contributed by atoms with Crippen LogP contribution in [0.15, 0.2) is 58.4 Å². The smallest absolute Gasteiger partial charge is 0.266 e. The second-order valence-electron chi connectivity index (χ2n) is 9.90. The summed E-state index contributed by atoms with van der Waals surface area (Å²) in [4.78, 5) is 27.4. The molecule has 4 rings (SSSR count). The van der Waals surface area contributed by atoms with Gasteiger partial charge in [-0.15, -0.1) is 0 Å². The van der Waals surface area contributed by atoms with Crippen molar-refractivity contribution in [1.29, 1.82) is 0 Å². The Morgan fingerprint density at radius 2 is 1.95 bits per heavy atom. The zero-order chi connectivity index (χ0) is 27.0. The molecule has 1 aromatic rings. The zero-order valence-electron chi connectivity index (χ0n) is 20.4. The predicted octanol–water partition coefficient (Wildman–Crippen LogP) is 2.66. The number of carboxylic acid groups (broad SMARTS) is 1. The van der Waals surface area contributed by atoms with Gasteiger partial charge in [0.2, 0.25) is 5.88 Å². The molecule has 0 saturated carbocycles. The third kappa shape index (κ3) is 6.61. The molecular formula is C25H26N2O7S3-2. The Hall–Kier alpha value is -2.67. The summed E-state index contributed by atoms with van der Waals surface area (Å²) in [5, 5.41) is 11.1. The number of thioether (sulfide) groups is 1. The first-order chi connectivity index (χ1) is 17.3. The van der Waals surface area contributed by atoms with Gasteiger partial charge in [0.1, 0.15) is 4.32 Å². The van der Waals surface area contributed by atoms with Crippen LogP contribution in [0.2, 0.25) is 0 Å². The van der Waals surface area contributed by atoms with Gasteiger partial charge in [0, 0.05) is 18.4 Å². The van der Waals surface area contributed by atoms with Crippen LogP contribution < -0.4 is 14.7 Å². The summed E-state index contributed by atoms with van der Waals surface area (Å²) < 4.78 is 39.3. The fourth-order valence-electron chi connectivity index (χ4n) is 4.65. The summed E-state index contributed by atoms with van der Waals surface area (Å²) in [6, 6.07) is 7.50. The molecule has 2 aliphatic heterocycles. The third-order valence-electron chi connectivity index (χ3n) is 6.11. The Bertz CT molecular complexity index is 1350. The summed E-state index contributed by atoms with van der Waals surface area (Å²) >= 11 is 6.34. The lowest BCUT2D eigenvalue weighted by Crippen LogP contribution is -2.40. The first-order valence-electron chi connectivity index (χ1n) is 11.7. The highest BCUT2D eigenvalue weighted by Crippen LogP contribution is 2.45. The maximum absolute atomic E-state index is 13.0. The number of fused-ring (bicyclic) bond motifs is 1. The quantitative estimate of drug-likeness (QED) is 0.202. The molecular weight excluding hydrogens is 536 g/mol. The van der Waals surface area contributed by atoms with Crippen molar-refractivity contribution in [3.05, 3.63) is 58.4 Å². The van der Waals surface area contributed by atoms with Gasteiger partial charge in [-0.3, -0.25) is 9.69 Å². The number of hydrogen-bond donors (Lipinski definition) is 0. The molecule has 12 heteroatoms. The van der Waals surface area contributed by atoms with Crippen molar-refractivity contribution in [3.63, 3.8) is 0 Å². The molecule has 2 heterocycles. The van der Waals surface area contributed by atoms with Gasteiger partial charge in [-0.2, -0.15) is 0 Å². The van der Waals surface area contributed by atoms with Crippen LogP contribution >= 0.6 is 24.0 Å². The Morgan fingerprint density at radius 3 is 2.65 bits per heavy atom. The molecule has 37 heavy (non-hydrogen) atoms. The van der Waals surface area contributed by atoms with Gasteiger partial charge < -0.3 is 24.1 Å². The van der Waals surface area contributed by atoms with Gasteiger partial charge in [-0.05, 0) is 54.4 Å². The molecule has 0 N–H and O–H groups in total. The average Bonchev–Trinajstić information content (AvgIpc) is 3.26. The molecule has 9 nitrogen and oxygen atoms in total. The number of allylic oxidation sites excluding steroid dienone is 4. The highest BCUT2D eigenvalue weighted by Gasteiger charge is 2.37. The minimum atomic E-state index is -4.27. The number of hydrogen-bond acceptors (Lipinski definition) is 10. The van der Waals surface area contributed by atoms with E-state index < -0.39 is 34.3 Å². The lowest BCUT2D eigenvalue weighted by atomic mass is 9.75. The van der Waals surface area contributed by atoms with Crippen molar-refractivity contribution in [2.24, 2.45) is 5.41 Å². The van der Waals surface area contributed by atoms with Gasteiger partial charge in [0.25, 0.3) is 5.91 Å². The Balaban J connectivity index is 1.64. The van der Waals surface area contributed by atoms with E-state index in [0.717, 1.165) is 33.5 Å². The minimum Gasteiger partial charge on any atom is -0.748 e. The highest BCUT2D eigenvalue weighted by molar-refractivity contribution is 8.26. The predicted molar refractivity (Wildman–Crippen MR) is 141 cm³/mol.